The van der Waals surface area contributed by atoms with E-state index in [2.05, 4.69) is 107 Å². The van der Waals surface area contributed by atoms with Gasteiger partial charge < -0.3 is 45.5 Å². The summed E-state index contributed by atoms with van der Waals surface area (Å²) in [5, 5.41) is 24.8. The second-order valence-electron chi connectivity index (χ2n) is 20.8. The average molecular weight is 956 g/mol. The molecule has 6 atom stereocenters. The number of amides is 4. The molecular weight excluding hydrogens is 895 g/mol. The third kappa shape index (κ3) is 8.71. The zero-order valence-electron chi connectivity index (χ0n) is 40.8. The number of rotatable bonds is 11. The number of hydrogen-bond acceptors (Lipinski definition) is 7. The molecule has 4 amide bonds. The minimum absolute atomic E-state index is 0.0132. The first-order valence-electron chi connectivity index (χ1n) is 24.7. The maximum atomic E-state index is 14.4. The van der Waals surface area contributed by atoms with Crippen LogP contribution >= 0.6 is 0 Å². The van der Waals surface area contributed by atoms with Crippen LogP contribution in [0.25, 0.3) is 22.1 Å². The normalized spacial score (nSPS) is 21.1. The van der Waals surface area contributed by atoms with Crippen LogP contribution in [-0.2, 0) is 26.1 Å². The Balaban J connectivity index is 0.950. The molecule has 5 aromatic carbocycles. The maximum absolute atomic E-state index is 14.4. The smallest absolute Gasteiger partial charge is 0.405 e. The molecule has 0 saturated carbocycles. The summed E-state index contributed by atoms with van der Waals surface area (Å²) in [5.41, 5.74) is 6.07. The monoisotopic (exact) mass is 955 g/mol. The number of carboxylic acid groups (broad SMARTS) is 2. The van der Waals surface area contributed by atoms with E-state index in [1.807, 2.05) is 12.1 Å². The summed E-state index contributed by atoms with van der Waals surface area (Å²) in [7, 11) is 0. The first kappa shape index (κ1) is 47.0. The van der Waals surface area contributed by atoms with Crippen molar-refractivity contribution in [2.75, 3.05) is 18.0 Å². The summed E-state index contributed by atoms with van der Waals surface area (Å²) in [4.78, 5) is 76.3. The minimum atomic E-state index is -1.49. The van der Waals surface area contributed by atoms with Gasteiger partial charge in [0.2, 0.25) is 0 Å². The molecule has 15 heteroatoms. The molecule has 3 saturated heterocycles. The van der Waals surface area contributed by atoms with E-state index in [4.69, 9.17) is 9.97 Å². The maximum Gasteiger partial charge on any atom is 0.405 e. The van der Waals surface area contributed by atoms with Crippen LogP contribution in [0, 0.1) is 0 Å². The minimum Gasteiger partial charge on any atom is -0.465 e. The summed E-state index contributed by atoms with van der Waals surface area (Å²) in [5.74, 6) is 0.702. The highest BCUT2D eigenvalue weighted by Crippen LogP contribution is 2.48. The number of carbonyl (C=O) groups excluding carboxylic acids is 2. The predicted molar refractivity (Wildman–Crippen MR) is 272 cm³/mol. The van der Waals surface area contributed by atoms with Crippen LogP contribution in [0.1, 0.15) is 137 Å². The van der Waals surface area contributed by atoms with Crippen molar-refractivity contribution in [1.82, 2.24) is 40.4 Å². The van der Waals surface area contributed by atoms with E-state index in [0.717, 1.165) is 64.6 Å². The van der Waals surface area contributed by atoms with E-state index in [1.165, 1.54) is 5.56 Å². The molecule has 0 spiro atoms. The lowest BCUT2D eigenvalue weighted by Gasteiger charge is -2.35. The van der Waals surface area contributed by atoms with Crippen molar-refractivity contribution >= 4 is 51.8 Å². The Morgan fingerprint density at radius 1 is 0.535 bits per heavy atom. The number of hydrogen-bond donors (Lipinski definition) is 6. The molecule has 0 unspecified atom stereocenters. The lowest BCUT2D eigenvalue weighted by Crippen LogP contribution is -2.55. The Hall–Kier alpha value is -7.68. The molecule has 3 fully saturated rings. The highest BCUT2D eigenvalue weighted by molar-refractivity contribution is 5.92. The van der Waals surface area contributed by atoms with Gasteiger partial charge >= 0.3 is 12.2 Å². The van der Waals surface area contributed by atoms with Gasteiger partial charge in [-0.15, -0.1) is 0 Å². The topological polar surface area (TPSA) is 200 Å². The number of likely N-dealkylation sites (tertiary alicyclic amines) is 2. The standard InChI is InChI=1S/C56H61N9O6/c1-54(2,3)36-22-24-39(25-23-36)65-44(34-20-26-40-42(32-34)59-48(57-40)46-18-12-30-63(46)50(66)55(4,61-52(68)69)37-14-8-6-9-15-37)28-29-45(65)35-21-27-41-43(33-35)60-49(58-41)47-19-13-31-64(47)51(67)56(5,62-53(70)71)38-16-10-7-11-17-38/h6-11,14-17,20-27,32-33,44-47,61-62H,12-13,18-19,28-31H2,1-5H3,(H,57,59)(H,58,60)(H,68,69)(H,70,71)/t44-,45-,46+,47+,55-,56-/m1/s1. The molecule has 3 aliphatic heterocycles. The number of anilines is 1. The summed E-state index contributed by atoms with van der Waals surface area (Å²) >= 11 is 0. The average Bonchev–Trinajstić information content (AvgIpc) is 4.22. The van der Waals surface area contributed by atoms with E-state index in [1.54, 1.807) is 72.2 Å². The van der Waals surface area contributed by atoms with Crippen molar-refractivity contribution in [3.63, 3.8) is 0 Å². The predicted octanol–water partition coefficient (Wildman–Crippen LogP) is 10.5. The molecule has 10 rings (SSSR count). The van der Waals surface area contributed by atoms with Gasteiger partial charge in [-0.05, 0) is 122 Å². The molecule has 71 heavy (non-hydrogen) atoms. The quantitative estimate of drug-likeness (QED) is 0.0730. The first-order chi connectivity index (χ1) is 34.0. The molecule has 15 nitrogen and oxygen atoms in total. The zero-order chi connectivity index (χ0) is 49.8. The molecule has 0 aliphatic carbocycles. The number of aromatic amines is 2. The first-order valence-corrected chi connectivity index (χ1v) is 24.7. The number of fused-ring (bicyclic) bond motifs is 2. The van der Waals surface area contributed by atoms with Gasteiger partial charge in [0.1, 0.15) is 22.7 Å². The Kier molecular flexibility index (Phi) is 12.1. The second kappa shape index (κ2) is 18.2. The largest absolute Gasteiger partial charge is 0.465 e. The van der Waals surface area contributed by atoms with Gasteiger partial charge in [-0.25, -0.2) is 19.6 Å². The van der Waals surface area contributed by atoms with Crippen molar-refractivity contribution in [1.29, 1.82) is 0 Å². The molecule has 7 aromatic rings. The summed E-state index contributed by atoms with van der Waals surface area (Å²) < 4.78 is 0. The second-order valence-corrected chi connectivity index (χ2v) is 20.8. The van der Waals surface area contributed by atoms with Crippen LogP contribution in [0.15, 0.2) is 121 Å². The Labute approximate surface area is 412 Å². The lowest BCUT2D eigenvalue weighted by atomic mass is 9.87. The molecule has 0 radical (unpaired) electrons. The van der Waals surface area contributed by atoms with Gasteiger partial charge in [0.15, 0.2) is 0 Å². The van der Waals surface area contributed by atoms with Gasteiger partial charge in [0, 0.05) is 18.8 Å². The Morgan fingerprint density at radius 3 is 1.35 bits per heavy atom. The Morgan fingerprint density at radius 2 is 0.958 bits per heavy atom. The van der Waals surface area contributed by atoms with Crippen molar-refractivity contribution in [2.45, 2.75) is 114 Å². The van der Waals surface area contributed by atoms with Crippen LogP contribution in [0.3, 0.4) is 0 Å². The fourth-order valence-corrected chi connectivity index (χ4v) is 11.4. The highest BCUT2D eigenvalue weighted by atomic mass is 16.4. The molecule has 5 heterocycles. The van der Waals surface area contributed by atoms with Gasteiger partial charge in [-0.1, -0.05) is 106 Å². The molecule has 6 N–H and O–H groups in total. The van der Waals surface area contributed by atoms with Crippen molar-refractivity contribution in [3.05, 3.63) is 161 Å². The Bertz CT molecular complexity index is 2950. The van der Waals surface area contributed by atoms with E-state index in [9.17, 15) is 29.4 Å². The van der Waals surface area contributed by atoms with Crippen LogP contribution in [0.5, 0.6) is 0 Å². The van der Waals surface area contributed by atoms with Crippen LogP contribution in [0.2, 0.25) is 0 Å². The van der Waals surface area contributed by atoms with E-state index in [-0.39, 0.29) is 41.4 Å². The number of imidazole rings is 2. The zero-order valence-corrected chi connectivity index (χ0v) is 40.8. The summed E-state index contributed by atoms with van der Waals surface area (Å²) in [6.07, 6.45) is 2.11. The SMILES string of the molecule is CC(C)(C)c1ccc(N2[C@@H](c3ccc4nc([C@@H]5CCCN5C(=O)[C@](C)(NC(=O)O)c5ccccc5)[nH]c4c3)CC[C@@H]2c2ccc3nc([C@@H]4CCCN4C(=O)[C@](C)(NC(=O)O)c4ccccc4)[nH]c3c2)cc1. The van der Waals surface area contributed by atoms with Crippen LogP contribution in [0.4, 0.5) is 15.3 Å². The molecule has 2 aromatic heterocycles. The third-order valence-corrected chi connectivity index (χ3v) is 15.2. The van der Waals surface area contributed by atoms with Gasteiger partial charge in [0.05, 0.1) is 46.2 Å². The van der Waals surface area contributed by atoms with Gasteiger partial charge in [0.25, 0.3) is 11.8 Å². The molecule has 366 valence electrons. The number of H-pyrrole nitrogens is 2. The number of carbonyl (C=O) groups is 4. The van der Waals surface area contributed by atoms with E-state index in [0.29, 0.717) is 48.7 Å². The van der Waals surface area contributed by atoms with E-state index >= 15 is 0 Å². The van der Waals surface area contributed by atoms with Crippen molar-refractivity contribution in [2.24, 2.45) is 0 Å². The summed E-state index contributed by atoms with van der Waals surface area (Å²) in [6.45, 7) is 10.9. The number of nitrogens with one attached hydrogen (secondary N) is 4. The van der Waals surface area contributed by atoms with Crippen LogP contribution in [-0.4, -0.2) is 77.0 Å². The van der Waals surface area contributed by atoms with Crippen molar-refractivity contribution < 1.29 is 29.4 Å². The lowest BCUT2D eigenvalue weighted by molar-refractivity contribution is -0.139. The fraction of sp³-hybridized carbons (Fsp3) is 0.357. The van der Waals surface area contributed by atoms with Gasteiger partial charge in [-0.2, -0.15) is 0 Å². The van der Waals surface area contributed by atoms with Gasteiger partial charge in [-0.3, -0.25) is 9.59 Å². The molecule has 3 aliphatic rings. The van der Waals surface area contributed by atoms with E-state index < -0.39 is 23.3 Å². The number of benzene rings is 5. The summed E-state index contributed by atoms with van der Waals surface area (Å²) in [6, 6.07) is 39.0. The number of nitrogens with zero attached hydrogens (tertiary/aromatic N) is 5. The third-order valence-electron chi connectivity index (χ3n) is 15.2. The highest BCUT2D eigenvalue weighted by Gasteiger charge is 2.46. The number of aromatic nitrogens is 4. The molecular formula is C56H61N9O6. The van der Waals surface area contributed by atoms with Crippen molar-refractivity contribution in [3.8, 4) is 0 Å². The molecule has 0 bridgehead atoms. The fourth-order valence-electron chi connectivity index (χ4n) is 11.4. The van der Waals surface area contributed by atoms with Crippen LogP contribution < -0.4 is 15.5 Å².